The minimum absolute atomic E-state index is 0.543. The van der Waals surface area contributed by atoms with Crippen molar-refractivity contribution in [2.45, 2.75) is 14.8 Å². The normalized spacial score (nSPS) is 8.44. The van der Waals surface area contributed by atoms with Crippen LogP contribution in [0, 0.1) is 0 Å². The fourth-order valence-electron chi connectivity index (χ4n) is 0.227. The molecule has 0 spiro atoms. The van der Waals surface area contributed by atoms with Crippen LogP contribution in [0.15, 0.2) is 22.0 Å². The Labute approximate surface area is 70.8 Å². The standard InChI is InChI=1S/C4H4Se.3CH3.Sn/c1-2-4-5-3-1;;;;/h1-4H;3*1H3;. The zero-order valence-electron chi connectivity index (χ0n) is 6.22. The van der Waals surface area contributed by atoms with Crippen LogP contribution in [0.25, 0.3) is 0 Å². The SMILES string of the molecule is [CH3][Sn]([CH3])[CH3].c1cc[se]c1. The first-order valence-corrected chi connectivity index (χ1v) is 13.5. The molecule has 0 atom stereocenters. The van der Waals surface area contributed by atoms with Gasteiger partial charge >= 0.3 is 71.1 Å². The fourth-order valence-corrected chi connectivity index (χ4v) is 1.18. The van der Waals surface area contributed by atoms with Gasteiger partial charge in [0.1, 0.15) is 0 Å². The van der Waals surface area contributed by atoms with Gasteiger partial charge in [0.15, 0.2) is 0 Å². The van der Waals surface area contributed by atoms with E-state index >= 15 is 0 Å². The second-order valence-corrected chi connectivity index (χ2v) is 12.6. The van der Waals surface area contributed by atoms with E-state index in [1.54, 1.807) is 0 Å². The quantitative estimate of drug-likeness (QED) is 0.643. The average Bonchev–Trinajstić information content (AvgIpc) is 2.11. The second kappa shape index (κ2) is 6.91. The Kier molecular flexibility index (Phi) is 7.52. The molecule has 0 N–H and O–H groups in total. The van der Waals surface area contributed by atoms with E-state index in [-0.39, 0.29) is 0 Å². The molecule has 1 rings (SSSR count). The van der Waals surface area contributed by atoms with Crippen molar-refractivity contribution in [2.24, 2.45) is 0 Å². The molecule has 1 aromatic rings. The van der Waals surface area contributed by atoms with Gasteiger partial charge < -0.3 is 0 Å². The summed E-state index contributed by atoms with van der Waals surface area (Å²) in [5, 5.41) is 0. The average molecular weight is 295 g/mol. The Morgan fingerprint density at radius 1 is 1.00 bits per heavy atom. The van der Waals surface area contributed by atoms with Gasteiger partial charge in [-0.2, -0.15) is 0 Å². The second-order valence-electron chi connectivity index (χ2n) is 2.29. The zero-order chi connectivity index (χ0) is 7.11. The van der Waals surface area contributed by atoms with E-state index in [0.29, 0.717) is 14.5 Å². The molecule has 0 nitrogen and oxygen atoms in total. The summed E-state index contributed by atoms with van der Waals surface area (Å²) in [6.07, 6.45) is 0. The van der Waals surface area contributed by atoms with Crippen LogP contribution in [-0.2, 0) is 0 Å². The molecule has 2 heteroatoms. The Morgan fingerprint density at radius 2 is 1.33 bits per heavy atom. The molecule has 1 heterocycles. The molecule has 0 saturated heterocycles. The maximum absolute atomic E-state index is 2.36. The molecule has 9 heavy (non-hydrogen) atoms. The minimum atomic E-state index is -0.543. The van der Waals surface area contributed by atoms with E-state index < -0.39 is 19.8 Å². The third kappa shape index (κ3) is 12.1. The Balaban J connectivity index is 0.000000148. The molecule has 0 aliphatic heterocycles. The number of hydrogen-bond donors (Lipinski definition) is 0. The first-order chi connectivity index (χ1) is 4.23. The third-order valence-corrected chi connectivity index (χ3v) is 1.74. The molecule has 0 aliphatic rings. The van der Waals surface area contributed by atoms with Gasteiger partial charge in [0.25, 0.3) is 0 Å². The van der Waals surface area contributed by atoms with Crippen molar-refractivity contribution in [1.29, 1.82) is 0 Å². The summed E-state index contributed by atoms with van der Waals surface area (Å²) in [5.74, 6) is 0. The van der Waals surface area contributed by atoms with Crippen LogP contribution in [0.5, 0.6) is 0 Å². The van der Waals surface area contributed by atoms with E-state index in [1.807, 2.05) is 0 Å². The number of hydrogen-bond acceptors (Lipinski definition) is 0. The van der Waals surface area contributed by atoms with Crippen LogP contribution in [-0.4, -0.2) is 34.3 Å². The monoisotopic (exact) mass is 297 g/mol. The van der Waals surface area contributed by atoms with Crippen molar-refractivity contribution in [1.82, 2.24) is 0 Å². The molecular weight excluding hydrogens is 282 g/mol. The van der Waals surface area contributed by atoms with E-state index in [1.165, 1.54) is 0 Å². The predicted octanol–water partition coefficient (Wildman–Crippen LogP) is 2.11. The van der Waals surface area contributed by atoms with Crippen molar-refractivity contribution >= 4 is 34.3 Å². The Morgan fingerprint density at radius 3 is 1.44 bits per heavy atom. The van der Waals surface area contributed by atoms with Gasteiger partial charge in [-0.3, -0.25) is 0 Å². The zero-order valence-corrected chi connectivity index (χ0v) is 10.8. The van der Waals surface area contributed by atoms with E-state index in [2.05, 4.69) is 36.8 Å². The van der Waals surface area contributed by atoms with Crippen LogP contribution in [0.1, 0.15) is 0 Å². The van der Waals surface area contributed by atoms with Crippen molar-refractivity contribution in [3.05, 3.63) is 22.0 Å². The first kappa shape index (κ1) is 9.80. The summed E-state index contributed by atoms with van der Waals surface area (Å²) in [6.45, 7) is 0. The van der Waals surface area contributed by atoms with E-state index in [0.717, 1.165) is 0 Å². The van der Waals surface area contributed by atoms with Crippen LogP contribution < -0.4 is 0 Å². The van der Waals surface area contributed by atoms with Crippen LogP contribution >= 0.6 is 0 Å². The van der Waals surface area contributed by atoms with Crippen LogP contribution in [0.2, 0.25) is 14.8 Å². The molecule has 0 unspecified atom stereocenters. The van der Waals surface area contributed by atoms with Crippen LogP contribution in [0.4, 0.5) is 0 Å². The summed E-state index contributed by atoms with van der Waals surface area (Å²) in [5.41, 5.74) is 0. The molecule has 0 aliphatic carbocycles. The van der Waals surface area contributed by atoms with Gasteiger partial charge in [-0.05, 0) is 0 Å². The molecule has 0 aromatic carbocycles. The van der Waals surface area contributed by atoms with Crippen molar-refractivity contribution < 1.29 is 0 Å². The molecule has 51 valence electrons. The fraction of sp³-hybridized carbons (Fsp3) is 0.429. The molecular formula is C7H13SeSn. The Bertz CT molecular complexity index is 92.5. The van der Waals surface area contributed by atoms with Crippen molar-refractivity contribution in [3.63, 3.8) is 0 Å². The van der Waals surface area contributed by atoms with Gasteiger partial charge in [-0.15, -0.1) is 0 Å². The van der Waals surface area contributed by atoms with Crippen molar-refractivity contribution in [3.8, 4) is 0 Å². The molecule has 0 saturated carbocycles. The predicted molar refractivity (Wildman–Crippen MR) is 46.7 cm³/mol. The van der Waals surface area contributed by atoms with Gasteiger partial charge in [-0.25, -0.2) is 0 Å². The summed E-state index contributed by atoms with van der Waals surface area (Å²) < 4.78 is 0. The first-order valence-electron chi connectivity index (χ1n) is 2.97. The number of rotatable bonds is 0. The molecule has 1 aromatic heterocycles. The summed E-state index contributed by atoms with van der Waals surface area (Å²) in [4.78, 5) is 11.5. The molecule has 0 fully saturated rings. The summed E-state index contributed by atoms with van der Waals surface area (Å²) >= 11 is 0.165. The van der Waals surface area contributed by atoms with Gasteiger partial charge in [-0.1, -0.05) is 0 Å². The van der Waals surface area contributed by atoms with Crippen LogP contribution in [0.3, 0.4) is 0 Å². The third-order valence-electron chi connectivity index (χ3n) is 0.425. The molecule has 1 radical (unpaired) electrons. The Hall–Kier alpha value is 0.798. The van der Waals surface area contributed by atoms with E-state index in [4.69, 9.17) is 0 Å². The summed E-state index contributed by atoms with van der Waals surface area (Å²) in [7, 11) is 0. The van der Waals surface area contributed by atoms with Gasteiger partial charge in [0.2, 0.25) is 0 Å². The van der Waals surface area contributed by atoms with Gasteiger partial charge in [0.05, 0.1) is 0 Å². The summed E-state index contributed by atoms with van der Waals surface area (Å²) in [6, 6.07) is 4.17. The molecule has 0 amide bonds. The maximum atomic E-state index is 2.36. The van der Waals surface area contributed by atoms with E-state index in [9.17, 15) is 0 Å². The molecule has 0 bridgehead atoms. The van der Waals surface area contributed by atoms with Gasteiger partial charge in [0, 0.05) is 0 Å². The van der Waals surface area contributed by atoms with Crippen molar-refractivity contribution in [2.75, 3.05) is 0 Å². The topological polar surface area (TPSA) is 0 Å².